The molecule has 1 aromatic rings. The van der Waals surface area contributed by atoms with Crippen LogP contribution in [0.3, 0.4) is 0 Å². The van der Waals surface area contributed by atoms with Gasteiger partial charge in [0.15, 0.2) is 5.78 Å². The molecular weight excluding hydrogens is 250 g/mol. The lowest BCUT2D eigenvalue weighted by Gasteiger charge is -2.31. The predicted molar refractivity (Wildman–Crippen MR) is 74.1 cm³/mol. The lowest BCUT2D eigenvalue weighted by atomic mass is 10.1. The van der Waals surface area contributed by atoms with Crippen LogP contribution in [-0.4, -0.2) is 55.4 Å². The molecule has 98 valence electrons. The number of likely N-dealkylation sites (N-methyl/N-ethyl adjacent to an activating group) is 1. The number of nitrogens with zero attached hydrogens (tertiary/aromatic N) is 2. The number of nitrogens with two attached hydrogens (primary N) is 1. The Morgan fingerprint density at radius 2 is 2.00 bits per heavy atom. The minimum absolute atomic E-state index is 0.0999. The van der Waals surface area contributed by atoms with E-state index in [-0.39, 0.29) is 5.78 Å². The van der Waals surface area contributed by atoms with Crippen molar-refractivity contribution in [2.24, 2.45) is 0 Å². The van der Waals surface area contributed by atoms with Crippen LogP contribution in [0.2, 0.25) is 5.02 Å². The van der Waals surface area contributed by atoms with Gasteiger partial charge in [-0.2, -0.15) is 0 Å². The van der Waals surface area contributed by atoms with Gasteiger partial charge in [0.2, 0.25) is 0 Å². The first-order valence-electron chi connectivity index (χ1n) is 6.05. The van der Waals surface area contributed by atoms with Gasteiger partial charge in [0.05, 0.1) is 17.3 Å². The number of ketones is 1. The van der Waals surface area contributed by atoms with Crippen molar-refractivity contribution in [3.05, 3.63) is 28.8 Å². The van der Waals surface area contributed by atoms with E-state index in [2.05, 4.69) is 16.8 Å². The van der Waals surface area contributed by atoms with Crippen LogP contribution in [0, 0.1) is 0 Å². The van der Waals surface area contributed by atoms with Crippen LogP contribution in [0.25, 0.3) is 0 Å². The van der Waals surface area contributed by atoms with Crippen LogP contribution < -0.4 is 5.73 Å². The fourth-order valence-electron chi connectivity index (χ4n) is 2.02. The van der Waals surface area contributed by atoms with Gasteiger partial charge in [0.1, 0.15) is 0 Å². The number of carbonyl (C=O) groups is 1. The van der Waals surface area contributed by atoms with Crippen LogP contribution in [0.15, 0.2) is 18.2 Å². The van der Waals surface area contributed by atoms with E-state index in [9.17, 15) is 4.79 Å². The van der Waals surface area contributed by atoms with Crippen molar-refractivity contribution in [3.63, 3.8) is 0 Å². The van der Waals surface area contributed by atoms with Gasteiger partial charge < -0.3 is 10.6 Å². The van der Waals surface area contributed by atoms with E-state index >= 15 is 0 Å². The third-order valence-corrected chi connectivity index (χ3v) is 3.63. The first-order chi connectivity index (χ1) is 8.56. The molecule has 0 spiro atoms. The molecule has 0 bridgehead atoms. The first-order valence-corrected chi connectivity index (χ1v) is 6.43. The summed E-state index contributed by atoms with van der Waals surface area (Å²) >= 11 is 5.84. The Labute approximate surface area is 112 Å². The molecule has 0 aromatic heterocycles. The van der Waals surface area contributed by atoms with Crippen molar-refractivity contribution in [1.82, 2.24) is 9.80 Å². The van der Waals surface area contributed by atoms with E-state index in [0.717, 1.165) is 26.2 Å². The number of hydrogen-bond donors (Lipinski definition) is 1. The van der Waals surface area contributed by atoms with Crippen LogP contribution in [0.5, 0.6) is 0 Å². The summed E-state index contributed by atoms with van der Waals surface area (Å²) in [7, 11) is 2.10. The molecule has 0 atom stereocenters. The minimum atomic E-state index is 0.0999. The number of benzene rings is 1. The molecule has 18 heavy (non-hydrogen) atoms. The normalized spacial score (nSPS) is 17.9. The number of nitrogen functional groups attached to an aromatic ring is 1. The number of hydrogen-bond acceptors (Lipinski definition) is 4. The quantitative estimate of drug-likeness (QED) is 0.664. The average Bonchev–Trinajstić information content (AvgIpc) is 2.35. The second kappa shape index (κ2) is 5.69. The largest absolute Gasteiger partial charge is 0.398 e. The fraction of sp³-hybridized carbons (Fsp3) is 0.462. The molecule has 1 aliphatic heterocycles. The molecule has 0 aliphatic carbocycles. The monoisotopic (exact) mass is 267 g/mol. The molecule has 2 rings (SSSR count). The molecule has 0 amide bonds. The van der Waals surface area contributed by atoms with E-state index in [0.29, 0.717) is 22.8 Å². The van der Waals surface area contributed by atoms with Gasteiger partial charge in [-0.05, 0) is 25.2 Å². The highest BCUT2D eigenvalue weighted by molar-refractivity contribution is 6.33. The number of Topliss-reactive ketones (excluding diaryl/α,β-unsaturated/α-hetero) is 1. The van der Waals surface area contributed by atoms with Gasteiger partial charge >= 0.3 is 0 Å². The molecule has 1 saturated heterocycles. The first kappa shape index (κ1) is 13.3. The highest BCUT2D eigenvalue weighted by atomic mass is 35.5. The molecular formula is C13H18ClN3O. The summed E-state index contributed by atoms with van der Waals surface area (Å²) in [5.74, 6) is 0.0999. The molecule has 1 heterocycles. The summed E-state index contributed by atoms with van der Waals surface area (Å²) in [5, 5.41) is 0.492. The summed E-state index contributed by atoms with van der Waals surface area (Å²) < 4.78 is 0. The van der Waals surface area contributed by atoms with Gasteiger partial charge in [-0.25, -0.2) is 0 Å². The number of halogens is 1. The van der Waals surface area contributed by atoms with Crippen LogP contribution in [0.1, 0.15) is 10.4 Å². The van der Waals surface area contributed by atoms with Crippen LogP contribution >= 0.6 is 11.6 Å². The Morgan fingerprint density at radius 1 is 1.33 bits per heavy atom. The smallest absolute Gasteiger partial charge is 0.176 e. The summed E-state index contributed by atoms with van der Waals surface area (Å²) in [6, 6.07) is 5.06. The Hall–Kier alpha value is -1.10. The molecule has 0 saturated carbocycles. The molecule has 2 N–H and O–H groups in total. The molecule has 1 aliphatic rings. The van der Waals surface area contributed by atoms with Gasteiger partial charge in [-0.3, -0.25) is 9.69 Å². The second-order valence-electron chi connectivity index (χ2n) is 4.74. The van der Waals surface area contributed by atoms with Crippen molar-refractivity contribution in [2.75, 3.05) is 45.5 Å². The minimum Gasteiger partial charge on any atom is -0.398 e. The fourth-order valence-corrected chi connectivity index (χ4v) is 2.14. The molecule has 0 unspecified atom stereocenters. The zero-order chi connectivity index (χ0) is 13.1. The van der Waals surface area contributed by atoms with Crippen molar-refractivity contribution in [3.8, 4) is 0 Å². The average molecular weight is 268 g/mol. The zero-order valence-electron chi connectivity index (χ0n) is 10.5. The van der Waals surface area contributed by atoms with Crippen molar-refractivity contribution >= 4 is 23.1 Å². The van der Waals surface area contributed by atoms with Gasteiger partial charge in [0, 0.05) is 31.7 Å². The topological polar surface area (TPSA) is 49.6 Å². The van der Waals surface area contributed by atoms with E-state index in [4.69, 9.17) is 17.3 Å². The maximum Gasteiger partial charge on any atom is 0.176 e. The van der Waals surface area contributed by atoms with E-state index in [1.807, 2.05) is 0 Å². The van der Waals surface area contributed by atoms with Crippen LogP contribution in [-0.2, 0) is 0 Å². The SMILES string of the molecule is CN1CCN(CC(=O)c2ccc(Cl)c(N)c2)CC1. The van der Waals surface area contributed by atoms with E-state index in [1.165, 1.54) is 0 Å². The number of piperazine rings is 1. The number of rotatable bonds is 3. The van der Waals surface area contributed by atoms with Gasteiger partial charge in [0.25, 0.3) is 0 Å². The summed E-state index contributed by atoms with van der Waals surface area (Å²) in [6.07, 6.45) is 0. The number of anilines is 1. The van der Waals surface area contributed by atoms with E-state index < -0.39 is 0 Å². The maximum absolute atomic E-state index is 12.1. The standard InChI is InChI=1S/C13H18ClN3O/c1-16-4-6-17(7-5-16)9-13(18)10-2-3-11(14)12(15)8-10/h2-3,8H,4-7,9,15H2,1H3. The molecule has 5 heteroatoms. The summed E-state index contributed by atoms with van der Waals surface area (Å²) in [6.45, 7) is 4.34. The van der Waals surface area contributed by atoms with Crippen molar-refractivity contribution in [2.45, 2.75) is 0 Å². The Morgan fingerprint density at radius 3 is 2.61 bits per heavy atom. The molecule has 0 radical (unpaired) electrons. The van der Waals surface area contributed by atoms with Crippen LogP contribution in [0.4, 0.5) is 5.69 Å². The molecule has 1 fully saturated rings. The van der Waals surface area contributed by atoms with Crippen molar-refractivity contribution in [1.29, 1.82) is 0 Å². The molecule has 1 aromatic carbocycles. The zero-order valence-corrected chi connectivity index (χ0v) is 11.3. The maximum atomic E-state index is 12.1. The van der Waals surface area contributed by atoms with Crippen molar-refractivity contribution < 1.29 is 4.79 Å². The second-order valence-corrected chi connectivity index (χ2v) is 5.15. The molecule has 4 nitrogen and oxygen atoms in total. The predicted octanol–water partition coefficient (Wildman–Crippen LogP) is 1.35. The lowest BCUT2D eigenvalue weighted by molar-refractivity contribution is 0.0876. The lowest BCUT2D eigenvalue weighted by Crippen LogP contribution is -2.46. The Kier molecular flexibility index (Phi) is 4.22. The summed E-state index contributed by atoms with van der Waals surface area (Å²) in [5.41, 5.74) is 6.80. The highest BCUT2D eigenvalue weighted by Gasteiger charge is 2.17. The third kappa shape index (κ3) is 3.22. The van der Waals surface area contributed by atoms with Gasteiger partial charge in [-0.1, -0.05) is 11.6 Å². The number of carbonyl (C=O) groups excluding carboxylic acids is 1. The highest BCUT2D eigenvalue weighted by Crippen LogP contribution is 2.20. The van der Waals surface area contributed by atoms with E-state index in [1.54, 1.807) is 18.2 Å². The Bertz CT molecular complexity index is 442. The summed E-state index contributed by atoms with van der Waals surface area (Å²) in [4.78, 5) is 16.5. The Balaban J connectivity index is 1.97. The third-order valence-electron chi connectivity index (χ3n) is 3.28. The van der Waals surface area contributed by atoms with Gasteiger partial charge in [-0.15, -0.1) is 0 Å².